The van der Waals surface area contributed by atoms with Crippen LogP contribution in [0.2, 0.25) is 0 Å². The molecule has 0 saturated carbocycles. The van der Waals surface area contributed by atoms with E-state index in [2.05, 4.69) is 26.1 Å². The Morgan fingerprint density at radius 3 is 1.93 bits per heavy atom. The zero-order chi connectivity index (χ0) is 11.7. The van der Waals surface area contributed by atoms with E-state index < -0.39 is 0 Å². The molecule has 0 radical (unpaired) electrons. The molecule has 0 bridgehead atoms. The highest BCUT2D eigenvalue weighted by Crippen LogP contribution is 2.06. The minimum atomic E-state index is -0.105. The van der Waals surface area contributed by atoms with Crippen LogP contribution in [0.4, 0.5) is 0 Å². The van der Waals surface area contributed by atoms with E-state index in [-0.39, 0.29) is 6.29 Å². The molecule has 0 fully saturated rings. The summed E-state index contributed by atoms with van der Waals surface area (Å²) in [6.45, 7) is 12.8. The van der Waals surface area contributed by atoms with Gasteiger partial charge in [0, 0.05) is 25.8 Å². The molecule has 0 rings (SSSR count). The van der Waals surface area contributed by atoms with Crippen molar-refractivity contribution in [2.75, 3.05) is 19.8 Å². The highest BCUT2D eigenvalue weighted by Gasteiger charge is 2.13. The average Bonchev–Trinajstić information content (AvgIpc) is 2.25. The van der Waals surface area contributed by atoms with Gasteiger partial charge in [0.2, 0.25) is 0 Å². The van der Waals surface area contributed by atoms with Gasteiger partial charge in [-0.15, -0.1) is 0 Å². The molecule has 3 nitrogen and oxygen atoms in total. The molecule has 0 spiro atoms. The highest BCUT2D eigenvalue weighted by atomic mass is 16.7. The van der Waals surface area contributed by atoms with Gasteiger partial charge in [-0.3, -0.25) is 0 Å². The second-order valence-corrected chi connectivity index (χ2v) is 3.92. The van der Waals surface area contributed by atoms with Crippen molar-refractivity contribution in [3.63, 3.8) is 0 Å². The van der Waals surface area contributed by atoms with E-state index in [1.807, 2.05) is 13.8 Å². The van der Waals surface area contributed by atoms with Gasteiger partial charge in [0.05, 0.1) is 0 Å². The van der Waals surface area contributed by atoms with Gasteiger partial charge in [-0.05, 0) is 26.7 Å². The number of rotatable bonds is 9. The second kappa shape index (κ2) is 9.13. The van der Waals surface area contributed by atoms with Crippen molar-refractivity contribution in [1.82, 2.24) is 5.32 Å². The molecule has 1 N–H and O–H groups in total. The Morgan fingerprint density at radius 2 is 1.53 bits per heavy atom. The molecule has 0 aliphatic rings. The SMILES string of the molecule is CCOC(CNC(C)C(C)CC)OCC. The van der Waals surface area contributed by atoms with Gasteiger partial charge in [0.15, 0.2) is 6.29 Å². The monoisotopic (exact) mass is 217 g/mol. The number of hydrogen-bond donors (Lipinski definition) is 1. The van der Waals surface area contributed by atoms with Crippen molar-refractivity contribution in [2.45, 2.75) is 53.4 Å². The largest absolute Gasteiger partial charge is 0.352 e. The van der Waals surface area contributed by atoms with Crippen LogP contribution in [-0.4, -0.2) is 32.1 Å². The van der Waals surface area contributed by atoms with Gasteiger partial charge in [0.25, 0.3) is 0 Å². The zero-order valence-electron chi connectivity index (χ0n) is 10.9. The first-order valence-corrected chi connectivity index (χ1v) is 6.12. The third kappa shape index (κ3) is 6.88. The van der Waals surface area contributed by atoms with Crippen LogP contribution < -0.4 is 5.32 Å². The molecule has 0 amide bonds. The third-order valence-corrected chi connectivity index (χ3v) is 2.81. The van der Waals surface area contributed by atoms with Crippen LogP contribution in [0.25, 0.3) is 0 Å². The third-order valence-electron chi connectivity index (χ3n) is 2.81. The fourth-order valence-corrected chi connectivity index (χ4v) is 1.37. The van der Waals surface area contributed by atoms with Gasteiger partial charge >= 0.3 is 0 Å². The molecule has 92 valence electrons. The summed E-state index contributed by atoms with van der Waals surface area (Å²) in [7, 11) is 0. The van der Waals surface area contributed by atoms with Crippen molar-refractivity contribution in [1.29, 1.82) is 0 Å². The van der Waals surface area contributed by atoms with Crippen molar-refractivity contribution in [3.05, 3.63) is 0 Å². The summed E-state index contributed by atoms with van der Waals surface area (Å²) in [5.41, 5.74) is 0. The quantitative estimate of drug-likeness (QED) is 0.602. The van der Waals surface area contributed by atoms with E-state index in [1.54, 1.807) is 0 Å². The standard InChI is InChI=1S/C12H27NO2/c1-6-10(4)11(5)13-9-12(14-7-2)15-8-3/h10-13H,6-9H2,1-5H3. The molecular formula is C12H27NO2. The van der Waals surface area contributed by atoms with E-state index in [0.29, 0.717) is 25.2 Å². The summed E-state index contributed by atoms with van der Waals surface area (Å²) in [6, 6.07) is 0.512. The fraction of sp³-hybridized carbons (Fsp3) is 1.00. The number of ether oxygens (including phenoxy) is 2. The summed E-state index contributed by atoms with van der Waals surface area (Å²) in [6.07, 6.45) is 1.09. The molecule has 15 heavy (non-hydrogen) atoms. The van der Waals surface area contributed by atoms with Crippen molar-refractivity contribution < 1.29 is 9.47 Å². The van der Waals surface area contributed by atoms with Crippen LogP contribution in [0.3, 0.4) is 0 Å². The lowest BCUT2D eigenvalue weighted by molar-refractivity contribution is -0.134. The Bertz CT molecular complexity index is 136. The van der Waals surface area contributed by atoms with Crippen LogP contribution in [-0.2, 0) is 9.47 Å². The highest BCUT2D eigenvalue weighted by molar-refractivity contribution is 4.67. The lowest BCUT2D eigenvalue weighted by Crippen LogP contribution is -2.39. The van der Waals surface area contributed by atoms with E-state index in [9.17, 15) is 0 Å². The lowest BCUT2D eigenvalue weighted by Gasteiger charge is -2.23. The average molecular weight is 217 g/mol. The van der Waals surface area contributed by atoms with Gasteiger partial charge in [-0.25, -0.2) is 0 Å². The van der Waals surface area contributed by atoms with Crippen LogP contribution in [0.1, 0.15) is 41.0 Å². The molecule has 0 aliphatic carbocycles. The predicted molar refractivity (Wildman–Crippen MR) is 64.0 cm³/mol. The Hall–Kier alpha value is -0.120. The van der Waals surface area contributed by atoms with Crippen molar-refractivity contribution >= 4 is 0 Å². The predicted octanol–water partition coefficient (Wildman–Crippen LogP) is 2.41. The molecular weight excluding hydrogens is 190 g/mol. The number of hydrogen-bond acceptors (Lipinski definition) is 3. The van der Waals surface area contributed by atoms with Crippen LogP contribution in [0.5, 0.6) is 0 Å². The van der Waals surface area contributed by atoms with E-state index in [4.69, 9.17) is 9.47 Å². The summed E-state index contributed by atoms with van der Waals surface area (Å²) in [4.78, 5) is 0. The lowest BCUT2D eigenvalue weighted by atomic mass is 10.0. The van der Waals surface area contributed by atoms with E-state index in [1.165, 1.54) is 6.42 Å². The van der Waals surface area contributed by atoms with Crippen molar-refractivity contribution in [2.24, 2.45) is 5.92 Å². The zero-order valence-corrected chi connectivity index (χ0v) is 10.9. The minimum absolute atomic E-state index is 0.105. The van der Waals surface area contributed by atoms with Gasteiger partial charge in [-0.2, -0.15) is 0 Å². The fourth-order valence-electron chi connectivity index (χ4n) is 1.37. The molecule has 0 aromatic rings. The Labute approximate surface area is 94.5 Å². The molecule has 3 heteroatoms. The molecule has 0 aliphatic heterocycles. The first-order chi connectivity index (χ1) is 7.15. The first kappa shape index (κ1) is 14.9. The van der Waals surface area contributed by atoms with Gasteiger partial charge < -0.3 is 14.8 Å². The Balaban J connectivity index is 3.76. The topological polar surface area (TPSA) is 30.5 Å². The first-order valence-electron chi connectivity index (χ1n) is 6.12. The maximum absolute atomic E-state index is 5.46. The van der Waals surface area contributed by atoms with Crippen LogP contribution in [0, 0.1) is 5.92 Å². The van der Waals surface area contributed by atoms with Crippen LogP contribution >= 0.6 is 0 Å². The Kier molecular flexibility index (Phi) is 9.06. The molecule has 0 saturated heterocycles. The summed E-state index contributed by atoms with van der Waals surface area (Å²) in [5.74, 6) is 0.689. The molecule has 2 atom stereocenters. The molecule has 0 aromatic carbocycles. The van der Waals surface area contributed by atoms with E-state index >= 15 is 0 Å². The van der Waals surface area contributed by atoms with Crippen LogP contribution in [0.15, 0.2) is 0 Å². The summed E-state index contributed by atoms with van der Waals surface area (Å²) < 4.78 is 10.9. The molecule has 0 heterocycles. The second-order valence-electron chi connectivity index (χ2n) is 3.92. The molecule has 2 unspecified atom stereocenters. The van der Waals surface area contributed by atoms with E-state index in [0.717, 1.165) is 6.54 Å². The van der Waals surface area contributed by atoms with Gasteiger partial charge in [0.1, 0.15) is 0 Å². The maximum atomic E-state index is 5.46. The normalized spacial score (nSPS) is 15.6. The summed E-state index contributed by atoms with van der Waals surface area (Å²) in [5, 5.41) is 3.45. The summed E-state index contributed by atoms with van der Waals surface area (Å²) >= 11 is 0. The minimum Gasteiger partial charge on any atom is -0.352 e. The Morgan fingerprint density at radius 1 is 1.00 bits per heavy atom. The number of nitrogens with one attached hydrogen (secondary N) is 1. The molecule has 0 aromatic heterocycles. The smallest absolute Gasteiger partial charge is 0.169 e. The maximum Gasteiger partial charge on any atom is 0.169 e. The van der Waals surface area contributed by atoms with Crippen molar-refractivity contribution in [3.8, 4) is 0 Å². The van der Waals surface area contributed by atoms with Gasteiger partial charge in [-0.1, -0.05) is 20.3 Å².